The van der Waals surface area contributed by atoms with Crippen molar-refractivity contribution in [1.29, 1.82) is 0 Å². The van der Waals surface area contributed by atoms with E-state index < -0.39 is 5.82 Å². The summed E-state index contributed by atoms with van der Waals surface area (Å²) in [5.41, 5.74) is 5.62. The molecule has 0 atom stereocenters. The lowest BCUT2D eigenvalue weighted by molar-refractivity contribution is 0.280. The van der Waals surface area contributed by atoms with E-state index in [0.29, 0.717) is 12.4 Å². The van der Waals surface area contributed by atoms with Crippen molar-refractivity contribution in [3.05, 3.63) is 29.6 Å². The number of halogens is 1. The van der Waals surface area contributed by atoms with Crippen LogP contribution in [-0.2, 0) is 0 Å². The first kappa shape index (κ1) is 13.9. The maximum atomic E-state index is 13.5. The molecular weight excluding hydrogens is 239 g/mol. The van der Waals surface area contributed by atoms with E-state index in [9.17, 15) is 4.39 Å². The third-order valence-corrected chi connectivity index (χ3v) is 2.44. The number of nitrogens with two attached hydrogens (primary N) is 1. The van der Waals surface area contributed by atoms with E-state index in [1.54, 1.807) is 12.1 Å². The van der Waals surface area contributed by atoms with Crippen molar-refractivity contribution in [2.24, 2.45) is 5.73 Å². The van der Waals surface area contributed by atoms with Crippen molar-refractivity contribution in [2.75, 3.05) is 27.2 Å². The molecule has 2 N–H and O–H groups in total. The Bertz CT molecular complexity index is 396. The number of thiocarbonyl (C=S) groups is 1. The highest BCUT2D eigenvalue weighted by Crippen LogP contribution is 2.16. The molecule has 0 bridgehead atoms. The number of hydrogen-bond donors (Lipinski definition) is 1. The summed E-state index contributed by atoms with van der Waals surface area (Å²) in [5, 5.41) is 0. The Hall–Kier alpha value is -1.20. The van der Waals surface area contributed by atoms with Gasteiger partial charge in [0.1, 0.15) is 16.6 Å². The second kappa shape index (κ2) is 6.51. The molecule has 1 rings (SSSR count). The summed E-state index contributed by atoms with van der Waals surface area (Å²) < 4.78 is 18.9. The van der Waals surface area contributed by atoms with Gasteiger partial charge >= 0.3 is 0 Å². The molecule has 0 aliphatic carbocycles. The van der Waals surface area contributed by atoms with Gasteiger partial charge in [0.15, 0.2) is 0 Å². The lowest BCUT2D eigenvalue weighted by Crippen LogP contribution is -2.15. The van der Waals surface area contributed by atoms with Crippen LogP contribution in [0.15, 0.2) is 18.2 Å². The number of ether oxygens (including phenoxy) is 1. The second-order valence-electron chi connectivity index (χ2n) is 4.01. The van der Waals surface area contributed by atoms with Crippen LogP contribution in [0, 0.1) is 5.82 Å². The van der Waals surface area contributed by atoms with Crippen molar-refractivity contribution in [3.63, 3.8) is 0 Å². The largest absolute Gasteiger partial charge is 0.493 e. The normalized spacial score (nSPS) is 10.6. The summed E-state index contributed by atoms with van der Waals surface area (Å²) in [4.78, 5) is 2.13. The minimum absolute atomic E-state index is 0.0571. The minimum Gasteiger partial charge on any atom is -0.493 e. The molecule has 0 aliphatic rings. The molecular formula is C12H17FN2OS. The van der Waals surface area contributed by atoms with Crippen molar-refractivity contribution in [3.8, 4) is 5.75 Å². The fourth-order valence-corrected chi connectivity index (χ4v) is 1.52. The first-order valence-corrected chi connectivity index (χ1v) is 5.78. The number of rotatable bonds is 6. The van der Waals surface area contributed by atoms with Crippen LogP contribution in [0.5, 0.6) is 5.75 Å². The lowest BCUT2D eigenvalue weighted by atomic mass is 10.2. The predicted molar refractivity (Wildman–Crippen MR) is 71.0 cm³/mol. The van der Waals surface area contributed by atoms with Gasteiger partial charge in [0.25, 0.3) is 0 Å². The number of hydrogen-bond acceptors (Lipinski definition) is 3. The van der Waals surface area contributed by atoms with Crippen LogP contribution in [0.1, 0.15) is 12.0 Å². The molecule has 1 aromatic carbocycles. The van der Waals surface area contributed by atoms with Crippen LogP contribution in [0.4, 0.5) is 4.39 Å². The highest BCUT2D eigenvalue weighted by Gasteiger charge is 2.06. The molecule has 0 amide bonds. The molecule has 0 saturated heterocycles. The third-order valence-electron chi connectivity index (χ3n) is 2.22. The third kappa shape index (κ3) is 4.66. The van der Waals surface area contributed by atoms with Crippen molar-refractivity contribution < 1.29 is 9.13 Å². The Kier molecular flexibility index (Phi) is 5.31. The summed E-state index contributed by atoms with van der Waals surface area (Å²) in [6, 6.07) is 4.52. The monoisotopic (exact) mass is 256 g/mol. The number of benzene rings is 1. The van der Waals surface area contributed by atoms with E-state index in [2.05, 4.69) is 4.90 Å². The first-order chi connectivity index (χ1) is 8.00. The van der Waals surface area contributed by atoms with Gasteiger partial charge in [0, 0.05) is 18.2 Å². The van der Waals surface area contributed by atoms with Crippen LogP contribution < -0.4 is 10.5 Å². The minimum atomic E-state index is -0.442. The molecule has 0 aliphatic heterocycles. The molecule has 0 saturated carbocycles. The zero-order chi connectivity index (χ0) is 12.8. The Morgan fingerprint density at radius 2 is 2.18 bits per heavy atom. The summed E-state index contributed by atoms with van der Waals surface area (Å²) in [6.45, 7) is 1.50. The summed E-state index contributed by atoms with van der Waals surface area (Å²) in [5.74, 6) is 0.0591. The van der Waals surface area contributed by atoms with Gasteiger partial charge in [-0.3, -0.25) is 0 Å². The molecule has 94 valence electrons. The Morgan fingerprint density at radius 3 is 2.71 bits per heavy atom. The van der Waals surface area contributed by atoms with E-state index in [4.69, 9.17) is 22.7 Å². The van der Waals surface area contributed by atoms with Gasteiger partial charge in [0.2, 0.25) is 0 Å². The fraction of sp³-hybridized carbons (Fsp3) is 0.417. The molecule has 0 heterocycles. The predicted octanol–water partition coefficient (Wildman–Crippen LogP) is 1.79. The maximum Gasteiger partial charge on any atom is 0.137 e. The highest BCUT2D eigenvalue weighted by atomic mass is 32.1. The summed E-state index contributed by atoms with van der Waals surface area (Å²) >= 11 is 4.72. The SMILES string of the molecule is CN(C)CCCOc1ccc(C(N)=S)c(F)c1. The summed E-state index contributed by atoms with van der Waals surface area (Å²) in [7, 11) is 3.99. The molecule has 3 nitrogen and oxygen atoms in total. The zero-order valence-corrected chi connectivity index (χ0v) is 10.9. The Morgan fingerprint density at radius 1 is 1.47 bits per heavy atom. The smallest absolute Gasteiger partial charge is 0.137 e. The molecule has 1 aromatic rings. The van der Waals surface area contributed by atoms with Crippen molar-refractivity contribution in [2.45, 2.75) is 6.42 Å². The fourth-order valence-electron chi connectivity index (χ4n) is 1.36. The lowest BCUT2D eigenvalue weighted by Gasteiger charge is -2.11. The molecule has 17 heavy (non-hydrogen) atoms. The maximum absolute atomic E-state index is 13.5. The van der Waals surface area contributed by atoms with E-state index >= 15 is 0 Å². The summed E-state index contributed by atoms with van der Waals surface area (Å²) in [6.07, 6.45) is 0.895. The van der Waals surface area contributed by atoms with Crippen LogP contribution in [-0.4, -0.2) is 37.1 Å². The van der Waals surface area contributed by atoms with Crippen molar-refractivity contribution in [1.82, 2.24) is 4.90 Å². The van der Waals surface area contributed by atoms with Gasteiger partial charge in [-0.05, 0) is 32.6 Å². The highest BCUT2D eigenvalue weighted by molar-refractivity contribution is 7.80. The molecule has 0 unspecified atom stereocenters. The molecule has 0 spiro atoms. The Labute approximate surface area is 106 Å². The van der Waals surface area contributed by atoms with Gasteiger partial charge in [0.05, 0.1) is 6.61 Å². The molecule has 0 aromatic heterocycles. The van der Waals surface area contributed by atoms with E-state index in [0.717, 1.165) is 13.0 Å². The quantitative estimate of drug-likeness (QED) is 0.622. The van der Waals surface area contributed by atoms with Gasteiger partial charge < -0.3 is 15.4 Å². The van der Waals surface area contributed by atoms with Crippen LogP contribution >= 0.6 is 12.2 Å². The standard InChI is InChI=1S/C12H17FN2OS/c1-15(2)6-3-7-16-9-4-5-10(12(14)17)11(13)8-9/h4-5,8H,3,6-7H2,1-2H3,(H2,14,17). The average Bonchev–Trinajstić information content (AvgIpc) is 2.23. The van der Waals surface area contributed by atoms with Gasteiger partial charge in [-0.2, -0.15) is 0 Å². The van der Waals surface area contributed by atoms with Crippen LogP contribution in [0.3, 0.4) is 0 Å². The van der Waals surface area contributed by atoms with E-state index in [1.807, 2.05) is 14.1 Å². The van der Waals surface area contributed by atoms with Gasteiger partial charge in [-0.25, -0.2) is 4.39 Å². The van der Waals surface area contributed by atoms with E-state index in [1.165, 1.54) is 6.07 Å². The van der Waals surface area contributed by atoms with Gasteiger partial charge in [-0.1, -0.05) is 12.2 Å². The van der Waals surface area contributed by atoms with Crippen LogP contribution in [0.2, 0.25) is 0 Å². The average molecular weight is 256 g/mol. The van der Waals surface area contributed by atoms with E-state index in [-0.39, 0.29) is 10.6 Å². The van der Waals surface area contributed by atoms with Crippen LogP contribution in [0.25, 0.3) is 0 Å². The number of nitrogens with zero attached hydrogens (tertiary/aromatic N) is 1. The molecule has 5 heteroatoms. The Balaban J connectivity index is 2.50. The molecule has 0 fully saturated rings. The topological polar surface area (TPSA) is 38.5 Å². The van der Waals surface area contributed by atoms with Gasteiger partial charge in [-0.15, -0.1) is 0 Å². The second-order valence-corrected chi connectivity index (χ2v) is 4.45. The first-order valence-electron chi connectivity index (χ1n) is 5.37. The zero-order valence-electron chi connectivity index (χ0n) is 10.1. The van der Waals surface area contributed by atoms with Crippen molar-refractivity contribution >= 4 is 17.2 Å². The molecule has 0 radical (unpaired) electrons.